The average Bonchev–Trinajstić information content (AvgIpc) is 3.05. The minimum atomic E-state index is -0.489. The number of aliphatic imine (C=N–C) groups is 1. The van der Waals surface area contributed by atoms with Crippen LogP contribution in [0.1, 0.15) is 18.2 Å². The molecule has 0 aliphatic heterocycles. The second-order valence-corrected chi connectivity index (χ2v) is 7.19. The van der Waals surface area contributed by atoms with Crippen molar-refractivity contribution in [3.63, 3.8) is 0 Å². The van der Waals surface area contributed by atoms with Crippen molar-refractivity contribution in [1.82, 2.24) is 9.78 Å². The first kappa shape index (κ1) is 21.7. The van der Waals surface area contributed by atoms with Gasteiger partial charge in [0.1, 0.15) is 5.75 Å². The molecule has 0 saturated carbocycles. The van der Waals surface area contributed by atoms with Gasteiger partial charge in [0.05, 0.1) is 54.0 Å². The fraction of sp³-hybridized carbons (Fsp3) is 0.190. The Balaban J connectivity index is 2.13. The number of ether oxygens (including phenoxy) is 2. The number of rotatable bonds is 6. The third kappa shape index (κ3) is 4.58. The number of aromatic amines is 1. The van der Waals surface area contributed by atoms with Crippen molar-refractivity contribution in [2.75, 3.05) is 14.2 Å². The van der Waals surface area contributed by atoms with E-state index in [0.717, 1.165) is 0 Å². The van der Waals surface area contributed by atoms with Crippen molar-refractivity contribution in [1.29, 1.82) is 0 Å². The molecule has 3 rings (SSSR count). The molecule has 0 atom stereocenters. The van der Waals surface area contributed by atoms with E-state index in [4.69, 9.17) is 32.7 Å². The average molecular weight is 448 g/mol. The summed E-state index contributed by atoms with van der Waals surface area (Å²) in [5.41, 5.74) is 1.72. The molecule has 0 saturated heterocycles. The van der Waals surface area contributed by atoms with Crippen molar-refractivity contribution in [2.45, 2.75) is 13.3 Å². The Morgan fingerprint density at radius 3 is 2.43 bits per heavy atom. The van der Waals surface area contributed by atoms with Crippen LogP contribution in [0, 0.1) is 0 Å². The van der Waals surface area contributed by atoms with Crippen molar-refractivity contribution in [3.05, 3.63) is 74.1 Å². The number of hydrogen-bond donors (Lipinski definition) is 1. The van der Waals surface area contributed by atoms with Crippen LogP contribution < -0.4 is 10.3 Å². The van der Waals surface area contributed by atoms with Gasteiger partial charge < -0.3 is 9.47 Å². The lowest BCUT2D eigenvalue weighted by atomic mass is 10.1. The van der Waals surface area contributed by atoms with Crippen molar-refractivity contribution in [3.8, 4) is 11.4 Å². The van der Waals surface area contributed by atoms with E-state index in [1.807, 2.05) is 0 Å². The molecule has 0 aliphatic carbocycles. The Bertz CT molecular complexity index is 1160. The van der Waals surface area contributed by atoms with Gasteiger partial charge in [0.25, 0.3) is 5.56 Å². The zero-order chi connectivity index (χ0) is 21.8. The second kappa shape index (κ2) is 9.19. The van der Waals surface area contributed by atoms with Gasteiger partial charge in [-0.25, -0.2) is 4.68 Å². The summed E-state index contributed by atoms with van der Waals surface area (Å²) < 4.78 is 11.3. The summed E-state index contributed by atoms with van der Waals surface area (Å²) >= 11 is 12.1. The number of aromatic nitrogens is 2. The first-order chi connectivity index (χ1) is 14.3. The third-order valence-electron chi connectivity index (χ3n) is 4.40. The maximum Gasteiger partial charge on any atom is 0.311 e. The van der Waals surface area contributed by atoms with Crippen LogP contribution in [0.5, 0.6) is 5.75 Å². The highest BCUT2D eigenvalue weighted by molar-refractivity contribution is 6.36. The van der Waals surface area contributed by atoms with Crippen molar-refractivity contribution < 1.29 is 14.3 Å². The predicted octanol–water partition coefficient (Wildman–Crippen LogP) is 4.34. The van der Waals surface area contributed by atoms with Gasteiger partial charge in [-0.1, -0.05) is 23.2 Å². The van der Waals surface area contributed by atoms with Gasteiger partial charge in [-0.3, -0.25) is 19.7 Å². The van der Waals surface area contributed by atoms with Crippen LogP contribution in [0.2, 0.25) is 10.0 Å². The Hall–Kier alpha value is -3.03. The molecule has 1 heterocycles. The molecule has 30 heavy (non-hydrogen) atoms. The first-order valence-electron chi connectivity index (χ1n) is 8.90. The highest BCUT2D eigenvalue weighted by atomic mass is 35.5. The fourth-order valence-electron chi connectivity index (χ4n) is 2.92. The summed E-state index contributed by atoms with van der Waals surface area (Å²) in [7, 11) is 2.85. The fourth-order valence-corrected chi connectivity index (χ4v) is 3.37. The molecule has 0 aliphatic rings. The molecule has 0 amide bonds. The van der Waals surface area contributed by atoms with E-state index < -0.39 is 5.97 Å². The molecule has 156 valence electrons. The summed E-state index contributed by atoms with van der Waals surface area (Å²) in [6.07, 6.45) is -0.120. The first-order valence-corrected chi connectivity index (χ1v) is 9.65. The minimum Gasteiger partial charge on any atom is -0.497 e. The molecule has 0 fully saturated rings. The van der Waals surface area contributed by atoms with Gasteiger partial charge in [-0.2, -0.15) is 0 Å². The Morgan fingerprint density at radius 1 is 1.13 bits per heavy atom. The molecule has 0 unspecified atom stereocenters. The van der Waals surface area contributed by atoms with E-state index in [9.17, 15) is 9.59 Å². The highest BCUT2D eigenvalue weighted by Crippen LogP contribution is 2.28. The van der Waals surface area contributed by atoms with Crippen LogP contribution in [-0.4, -0.2) is 35.7 Å². The Morgan fingerprint density at radius 2 is 1.83 bits per heavy atom. The summed E-state index contributed by atoms with van der Waals surface area (Å²) in [6.45, 7) is 1.68. The molecule has 1 aromatic heterocycles. The lowest BCUT2D eigenvalue weighted by Gasteiger charge is -2.04. The van der Waals surface area contributed by atoms with Crippen LogP contribution >= 0.6 is 23.2 Å². The van der Waals surface area contributed by atoms with Gasteiger partial charge in [-0.05, 0) is 49.4 Å². The van der Waals surface area contributed by atoms with Gasteiger partial charge in [0.15, 0.2) is 0 Å². The number of H-pyrrole nitrogens is 1. The minimum absolute atomic E-state index is 0.120. The standard InChI is InChI=1S/C21H19Cl2N3O4/c1-12(24-17-9-4-13(22)10-16(17)23)20-18(11-19(27)30-3)25-26(21(20)28)14-5-7-15(29-2)8-6-14/h4-10,25H,11H2,1-3H3. The van der Waals surface area contributed by atoms with Crippen molar-refractivity contribution >= 4 is 40.6 Å². The molecule has 1 N–H and O–H groups in total. The molecular weight excluding hydrogens is 429 g/mol. The number of nitrogens with one attached hydrogen (secondary N) is 1. The smallest absolute Gasteiger partial charge is 0.311 e. The third-order valence-corrected chi connectivity index (χ3v) is 4.94. The molecule has 0 bridgehead atoms. The van der Waals surface area contributed by atoms with Gasteiger partial charge in [-0.15, -0.1) is 0 Å². The van der Waals surface area contributed by atoms with Crippen LogP contribution in [-0.2, 0) is 16.0 Å². The molecule has 7 nitrogen and oxygen atoms in total. The number of methoxy groups -OCH3 is 2. The van der Waals surface area contributed by atoms with Crippen LogP contribution in [0.15, 0.2) is 52.3 Å². The molecule has 2 aromatic carbocycles. The number of benzene rings is 2. The predicted molar refractivity (Wildman–Crippen MR) is 117 cm³/mol. The molecule has 0 spiro atoms. The number of halogens is 2. The Kier molecular flexibility index (Phi) is 6.64. The summed E-state index contributed by atoms with van der Waals surface area (Å²) in [6, 6.07) is 11.8. The largest absolute Gasteiger partial charge is 0.497 e. The SMILES string of the molecule is COC(=O)Cc1[nH]n(-c2ccc(OC)cc2)c(=O)c1C(C)=Nc1ccc(Cl)cc1Cl. The normalized spacial score (nSPS) is 11.4. The maximum atomic E-state index is 13.2. The summed E-state index contributed by atoms with van der Waals surface area (Å²) in [4.78, 5) is 29.6. The molecule has 3 aromatic rings. The topological polar surface area (TPSA) is 85.7 Å². The van der Waals surface area contributed by atoms with E-state index in [1.54, 1.807) is 56.5 Å². The summed E-state index contributed by atoms with van der Waals surface area (Å²) in [5.74, 6) is 0.167. The van der Waals surface area contributed by atoms with Gasteiger partial charge in [0.2, 0.25) is 0 Å². The number of carbonyl (C=O) groups is 1. The monoisotopic (exact) mass is 447 g/mol. The van der Waals surface area contributed by atoms with Crippen LogP contribution in [0.25, 0.3) is 5.69 Å². The number of nitrogens with zero attached hydrogens (tertiary/aromatic N) is 2. The van der Waals surface area contributed by atoms with Crippen molar-refractivity contribution in [2.24, 2.45) is 4.99 Å². The Labute approximate surface area is 182 Å². The number of hydrogen-bond acceptors (Lipinski definition) is 5. The van der Waals surface area contributed by atoms with Crippen LogP contribution in [0.4, 0.5) is 5.69 Å². The van der Waals surface area contributed by atoms with Crippen LogP contribution in [0.3, 0.4) is 0 Å². The lowest BCUT2D eigenvalue weighted by Crippen LogP contribution is -2.20. The molecule has 9 heteroatoms. The van der Waals surface area contributed by atoms with Gasteiger partial charge >= 0.3 is 5.97 Å². The van der Waals surface area contributed by atoms with E-state index in [-0.39, 0.29) is 17.5 Å². The van der Waals surface area contributed by atoms with E-state index in [1.165, 1.54) is 11.8 Å². The molecular formula is C21H19Cl2N3O4. The highest BCUT2D eigenvalue weighted by Gasteiger charge is 2.20. The lowest BCUT2D eigenvalue weighted by molar-refractivity contribution is -0.139. The van der Waals surface area contributed by atoms with E-state index in [0.29, 0.717) is 38.6 Å². The van der Waals surface area contributed by atoms with E-state index >= 15 is 0 Å². The quantitative estimate of drug-likeness (QED) is 0.449. The van der Waals surface area contributed by atoms with Gasteiger partial charge in [0, 0.05) is 5.02 Å². The zero-order valence-corrected chi connectivity index (χ0v) is 18.0. The zero-order valence-electron chi connectivity index (χ0n) is 16.5. The molecule has 0 radical (unpaired) electrons. The maximum absolute atomic E-state index is 13.2. The summed E-state index contributed by atoms with van der Waals surface area (Å²) in [5, 5.41) is 3.81. The van der Waals surface area contributed by atoms with E-state index in [2.05, 4.69) is 10.1 Å². The number of carbonyl (C=O) groups excluding carboxylic acids is 1. The second-order valence-electron chi connectivity index (χ2n) is 6.35. The number of esters is 1.